The second-order valence-electron chi connectivity index (χ2n) is 8.28. The number of carbonyl (C=O) groups is 1. The van der Waals surface area contributed by atoms with Crippen LogP contribution in [0.4, 0.5) is 5.69 Å². The number of rotatable bonds is 7. The van der Waals surface area contributed by atoms with Gasteiger partial charge in [-0.15, -0.1) is 0 Å². The molecular weight excluding hydrogens is 398 g/mol. The van der Waals surface area contributed by atoms with E-state index in [9.17, 15) is 4.79 Å². The molecule has 0 unspecified atom stereocenters. The Labute approximate surface area is 190 Å². The van der Waals surface area contributed by atoms with Crippen molar-refractivity contribution in [3.05, 3.63) is 95.1 Å². The van der Waals surface area contributed by atoms with Gasteiger partial charge < -0.3 is 15.0 Å². The minimum Gasteiger partial charge on any atom is -0.497 e. The molecule has 0 bridgehead atoms. The summed E-state index contributed by atoms with van der Waals surface area (Å²) in [6, 6.07) is 24.5. The summed E-state index contributed by atoms with van der Waals surface area (Å²) < 4.78 is 5.25. The molecule has 1 saturated heterocycles. The van der Waals surface area contributed by atoms with Gasteiger partial charge in [0, 0.05) is 50.5 Å². The summed E-state index contributed by atoms with van der Waals surface area (Å²) in [5.41, 5.74) is 5.37. The molecule has 3 aromatic rings. The zero-order chi connectivity index (χ0) is 22.3. The number of ether oxygens (including phenoxy) is 1. The van der Waals surface area contributed by atoms with Gasteiger partial charge in [-0.3, -0.25) is 9.69 Å². The maximum Gasteiger partial charge on any atom is 0.251 e. The van der Waals surface area contributed by atoms with Crippen molar-refractivity contribution in [1.29, 1.82) is 0 Å². The quantitative estimate of drug-likeness (QED) is 0.610. The number of benzene rings is 3. The van der Waals surface area contributed by atoms with Gasteiger partial charge in [0.1, 0.15) is 5.75 Å². The van der Waals surface area contributed by atoms with Crippen LogP contribution in [0.5, 0.6) is 5.75 Å². The molecule has 1 heterocycles. The minimum atomic E-state index is -0.0272. The van der Waals surface area contributed by atoms with E-state index < -0.39 is 0 Å². The van der Waals surface area contributed by atoms with Crippen molar-refractivity contribution in [3.8, 4) is 5.75 Å². The van der Waals surface area contributed by atoms with E-state index in [1.807, 2.05) is 43.3 Å². The number of methoxy groups -OCH3 is 1. The van der Waals surface area contributed by atoms with Gasteiger partial charge in [-0.25, -0.2) is 0 Å². The predicted octanol–water partition coefficient (Wildman–Crippen LogP) is 4.26. The fourth-order valence-corrected chi connectivity index (χ4v) is 4.12. The molecule has 32 heavy (non-hydrogen) atoms. The van der Waals surface area contributed by atoms with E-state index in [0.29, 0.717) is 6.54 Å². The Morgan fingerprint density at radius 1 is 0.906 bits per heavy atom. The first-order chi connectivity index (χ1) is 15.6. The lowest BCUT2D eigenvalue weighted by atomic mass is 10.1. The number of amides is 1. The van der Waals surface area contributed by atoms with Crippen LogP contribution in [0.1, 0.15) is 27.0 Å². The molecule has 0 saturated carbocycles. The lowest BCUT2D eigenvalue weighted by molar-refractivity contribution is 0.0950. The predicted molar refractivity (Wildman–Crippen MR) is 129 cm³/mol. The van der Waals surface area contributed by atoms with Crippen molar-refractivity contribution in [1.82, 2.24) is 10.2 Å². The fourth-order valence-electron chi connectivity index (χ4n) is 4.12. The standard InChI is InChI=1S/C27H31N3O2/c1-21-6-3-4-9-26(21)27(31)28-19-23-7-5-8-24(18-23)30-16-14-29(15-17-30)20-22-10-12-25(32-2)13-11-22/h3-13,18H,14-17,19-20H2,1-2H3,(H,28,31). The highest BCUT2D eigenvalue weighted by Crippen LogP contribution is 2.20. The summed E-state index contributed by atoms with van der Waals surface area (Å²) in [5.74, 6) is 0.870. The first-order valence-corrected chi connectivity index (χ1v) is 11.2. The lowest BCUT2D eigenvalue weighted by Gasteiger charge is -2.36. The molecule has 1 fully saturated rings. The Morgan fingerprint density at radius 2 is 1.66 bits per heavy atom. The monoisotopic (exact) mass is 429 g/mol. The normalized spacial score (nSPS) is 14.2. The van der Waals surface area contributed by atoms with Crippen molar-refractivity contribution in [2.75, 3.05) is 38.2 Å². The van der Waals surface area contributed by atoms with Gasteiger partial charge >= 0.3 is 0 Å². The second-order valence-corrected chi connectivity index (χ2v) is 8.28. The number of hydrogen-bond acceptors (Lipinski definition) is 4. The van der Waals surface area contributed by atoms with E-state index in [-0.39, 0.29) is 5.91 Å². The molecule has 0 radical (unpaired) electrons. The van der Waals surface area contributed by atoms with Gasteiger partial charge in [0.05, 0.1) is 7.11 Å². The molecule has 1 aliphatic heterocycles. The molecule has 0 spiro atoms. The number of anilines is 1. The summed E-state index contributed by atoms with van der Waals surface area (Å²) in [5, 5.41) is 3.05. The zero-order valence-electron chi connectivity index (χ0n) is 18.9. The first kappa shape index (κ1) is 21.9. The van der Waals surface area contributed by atoms with Gasteiger partial charge in [-0.2, -0.15) is 0 Å². The van der Waals surface area contributed by atoms with Gasteiger partial charge in [-0.1, -0.05) is 42.5 Å². The molecule has 1 N–H and O–H groups in total. The fraction of sp³-hybridized carbons (Fsp3) is 0.296. The third-order valence-electron chi connectivity index (χ3n) is 6.06. The Morgan fingerprint density at radius 3 is 2.38 bits per heavy atom. The number of aryl methyl sites for hydroxylation is 1. The molecule has 3 aromatic carbocycles. The van der Waals surface area contributed by atoms with Crippen LogP contribution in [-0.2, 0) is 13.1 Å². The van der Waals surface area contributed by atoms with Gasteiger partial charge in [0.15, 0.2) is 0 Å². The Kier molecular flexibility index (Phi) is 7.07. The summed E-state index contributed by atoms with van der Waals surface area (Å²) in [6.45, 7) is 7.50. The van der Waals surface area contributed by atoms with Crippen LogP contribution in [0.25, 0.3) is 0 Å². The van der Waals surface area contributed by atoms with Crippen molar-refractivity contribution >= 4 is 11.6 Å². The second kappa shape index (κ2) is 10.3. The molecule has 5 heteroatoms. The average Bonchev–Trinajstić information content (AvgIpc) is 2.84. The van der Waals surface area contributed by atoms with Crippen molar-refractivity contribution in [2.45, 2.75) is 20.0 Å². The average molecular weight is 430 g/mol. The van der Waals surface area contributed by atoms with Crippen LogP contribution in [0.2, 0.25) is 0 Å². The van der Waals surface area contributed by atoms with Crippen LogP contribution in [-0.4, -0.2) is 44.1 Å². The SMILES string of the molecule is COc1ccc(CN2CCN(c3cccc(CNC(=O)c4ccccc4C)c3)CC2)cc1. The highest BCUT2D eigenvalue weighted by Gasteiger charge is 2.18. The molecule has 5 nitrogen and oxygen atoms in total. The first-order valence-electron chi connectivity index (χ1n) is 11.2. The van der Waals surface area contributed by atoms with E-state index >= 15 is 0 Å². The van der Waals surface area contributed by atoms with Gasteiger partial charge in [0.2, 0.25) is 0 Å². The topological polar surface area (TPSA) is 44.8 Å². The molecule has 1 amide bonds. The van der Waals surface area contributed by atoms with E-state index in [1.165, 1.54) is 11.3 Å². The number of carbonyl (C=O) groups excluding carboxylic acids is 1. The van der Waals surface area contributed by atoms with Crippen molar-refractivity contribution in [2.24, 2.45) is 0 Å². The van der Waals surface area contributed by atoms with Crippen LogP contribution < -0.4 is 15.0 Å². The maximum absolute atomic E-state index is 12.5. The van der Waals surface area contributed by atoms with E-state index in [2.05, 4.69) is 51.5 Å². The van der Waals surface area contributed by atoms with Gasteiger partial charge in [-0.05, 0) is 53.9 Å². The largest absolute Gasteiger partial charge is 0.497 e. The van der Waals surface area contributed by atoms with Crippen molar-refractivity contribution < 1.29 is 9.53 Å². The van der Waals surface area contributed by atoms with Crippen LogP contribution >= 0.6 is 0 Å². The number of nitrogens with zero attached hydrogens (tertiary/aromatic N) is 2. The molecule has 4 rings (SSSR count). The molecule has 0 aliphatic carbocycles. The van der Waals surface area contributed by atoms with Crippen LogP contribution in [0.3, 0.4) is 0 Å². The highest BCUT2D eigenvalue weighted by atomic mass is 16.5. The highest BCUT2D eigenvalue weighted by molar-refractivity contribution is 5.95. The molecule has 166 valence electrons. The molecule has 0 aromatic heterocycles. The summed E-state index contributed by atoms with van der Waals surface area (Å²) in [4.78, 5) is 17.4. The van der Waals surface area contributed by atoms with E-state index in [4.69, 9.17) is 4.74 Å². The van der Waals surface area contributed by atoms with Crippen LogP contribution in [0.15, 0.2) is 72.8 Å². The Hall–Kier alpha value is -3.31. The Bertz CT molecular complexity index is 1040. The lowest BCUT2D eigenvalue weighted by Crippen LogP contribution is -2.46. The third-order valence-corrected chi connectivity index (χ3v) is 6.06. The third kappa shape index (κ3) is 5.48. The number of nitrogens with one attached hydrogen (secondary N) is 1. The molecule has 0 atom stereocenters. The Balaban J connectivity index is 1.30. The number of piperazine rings is 1. The summed E-state index contributed by atoms with van der Waals surface area (Å²) in [6.07, 6.45) is 0. The maximum atomic E-state index is 12.5. The van der Waals surface area contributed by atoms with E-state index in [1.54, 1.807) is 7.11 Å². The number of hydrogen-bond donors (Lipinski definition) is 1. The molecular formula is C27H31N3O2. The summed E-state index contributed by atoms with van der Waals surface area (Å²) >= 11 is 0. The minimum absolute atomic E-state index is 0.0272. The van der Waals surface area contributed by atoms with Gasteiger partial charge in [0.25, 0.3) is 5.91 Å². The summed E-state index contributed by atoms with van der Waals surface area (Å²) in [7, 11) is 1.70. The zero-order valence-corrected chi connectivity index (χ0v) is 18.9. The van der Waals surface area contributed by atoms with Crippen molar-refractivity contribution in [3.63, 3.8) is 0 Å². The molecule has 1 aliphatic rings. The smallest absolute Gasteiger partial charge is 0.251 e. The van der Waals surface area contributed by atoms with Crippen LogP contribution in [0, 0.1) is 6.92 Å². The van der Waals surface area contributed by atoms with E-state index in [0.717, 1.165) is 55.2 Å².